The van der Waals surface area contributed by atoms with Crippen molar-refractivity contribution in [2.75, 3.05) is 0 Å². The Morgan fingerprint density at radius 3 is 2.94 bits per heavy atom. The fourth-order valence-corrected chi connectivity index (χ4v) is 2.70. The summed E-state index contributed by atoms with van der Waals surface area (Å²) in [7, 11) is 0. The second-order valence-electron chi connectivity index (χ2n) is 4.19. The summed E-state index contributed by atoms with van der Waals surface area (Å²) in [5, 5.41) is 12.3. The predicted molar refractivity (Wildman–Crippen MR) is 67.1 cm³/mol. The van der Waals surface area contributed by atoms with Gasteiger partial charge < -0.3 is 5.11 Å². The van der Waals surface area contributed by atoms with Crippen molar-refractivity contribution in [3.05, 3.63) is 34.7 Å². The van der Waals surface area contributed by atoms with Crippen molar-refractivity contribution in [1.29, 1.82) is 0 Å². The maximum absolute atomic E-state index is 10.8. The third kappa shape index (κ3) is 2.09. The van der Waals surface area contributed by atoms with Gasteiger partial charge in [-0.2, -0.15) is 0 Å². The molecule has 1 atom stereocenters. The summed E-state index contributed by atoms with van der Waals surface area (Å²) in [4.78, 5) is 10.8. The Bertz CT molecular complexity index is 528. The standard InChI is InChI=1S/C13H14O2S/c1-8(13(14)15)5-10-3-4-12-11(6-10)9(2)7-16-12/h3-4,6-8H,5H2,1-2H3,(H,14,15). The number of carboxylic acids is 1. The Balaban J connectivity index is 2.32. The summed E-state index contributed by atoms with van der Waals surface area (Å²) in [6, 6.07) is 6.22. The van der Waals surface area contributed by atoms with E-state index < -0.39 is 5.97 Å². The molecular formula is C13H14O2S. The molecule has 0 fully saturated rings. The van der Waals surface area contributed by atoms with Crippen molar-refractivity contribution in [2.24, 2.45) is 5.92 Å². The molecule has 1 N–H and O–H groups in total. The second-order valence-corrected chi connectivity index (χ2v) is 5.10. The number of aliphatic carboxylic acids is 1. The Morgan fingerprint density at radius 2 is 2.25 bits per heavy atom. The van der Waals surface area contributed by atoms with Gasteiger partial charge in [-0.05, 0) is 41.3 Å². The highest BCUT2D eigenvalue weighted by atomic mass is 32.1. The fourth-order valence-electron chi connectivity index (χ4n) is 1.77. The highest BCUT2D eigenvalue weighted by Gasteiger charge is 2.12. The lowest BCUT2D eigenvalue weighted by atomic mass is 10.00. The van der Waals surface area contributed by atoms with E-state index in [1.807, 2.05) is 6.07 Å². The number of thiophene rings is 1. The van der Waals surface area contributed by atoms with Crippen LogP contribution in [0.1, 0.15) is 18.1 Å². The van der Waals surface area contributed by atoms with Crippen molar-refractivity contribution < 1.29 is 9.90 Å². The van der Waals surface area contributed by atoms with E-state index in [0.717, 1.165) is 5.56 Å². The number of carboxylic acid groups (broad SMARTS) is 1. The molecule has 1 unspecified atom stereocenters. The van der Waals surface area contributed by atoms with Crippen LogP contribution in [0.4, 0.5) is 0 Å². The van der Waals surface area contributed by atoms with Gasteiger partial charge in [0.1, 0.15) is 0 Å². The molecule has 1 heterocycles. The van der Waals surface area contributed by atoms with Crippen molar-refractivity contribution in [3.8, 4) is 0 Å². The zero-order valence-corrected chi connectivity index (χ0v) is 10.2. The topological polar surface area (TPSA) is 37.3 Å². The first-order valence-electron chi connectivity index (χ1n) is 5.27. The lowest BCUT2D eigenvalue weighted by molar-refractivity contribution is -0.141. The van der Waals surface area contributed by atoms with Crippen LogP contribution in [-0.4, -0.2) is 11.1 Å². The molecule has 0 amide bonds. The van der Waals surface area contributed by atoms with Gasteiger partial charge in [-0.15, -0.1) is 11.3 Å². The molecule has 2 aromatic rings. The van der Waals surface area contributed by atoms with Crippen LogP contribution in [0.5, 0.6) is 0 Å². The lowest BCUT2D eigenvalue weighted by Crippen LogP contribution is -2.12. The van der Waals surface area contributed by atoms with Gasteiger partial charge in [0.05, 0.1) is 5.92 Å². The van der Waals surface area contributed by atoms with Crippen molar-refractivity contribution in [2.45, 2.75) is 20.3 Å². The average Bonchev–Trinajstić information content (AvgIpc) is 2.60. The van der Waals surface area contributed by atoms with E-state index in [4.69, 9.17) is 5.11 Å². The minimum atomic E-state index is -0.734. The Morgan fingerprint density at radius 1 is 1.50 bits per heavy atom. The van der Waals surface area contributed by atoms with E-state index in [2.05, 4.69) is 24.4 Å². The van der Waals surface area contributed by atoms with Crippen LogP contribution in [0.15, 0.2) is 23.6 Å². The molecule has 0 bridgehead atoms. The first-order valence-corrected chi connectivity index (χ1v) is 6.15. The van der Waals surface area contributed by atoms with Gasteiger partial charge in [0.25, 0.3) is 0 Å². The molecule has 0 saturated heterocycles. The maximum Gasteiger partial charge on any atom is 0.306 e. The van der Waals surface area contributed by atoms with Crippen LogP contribution in [-0.2, 0) is 11.2 Å². The average molecular weight is 234 g/mol. The molecular weight excluding hydrogens is 220 g/mol. The van der Waals surface area contributed by atoms with Crippen molar-refractivity contribution >= 4 is 27.4 Å². The summed E-state index contributed by atoms with van der Waals surface area (Å²) in [5.74, 6) is -1.06. The summed E-state index contributed by atoms with van der Waals surface area (Å²) in [5.41, 5.74) is 2.37. The van der Waals surface area contributed by atoms with Gasteiger partial charge >= 0.3 is 5.97 Å². The molecule has 0 aliphatic heterocycles. The van der Waals surface area contributed by atoms with Gasteiger partial charge in [-0.25, -0.2) is 0 Å². The van der Waals surface area contributed by atoms with Crippen LogP contribution in [0.2, 0.25) is 0 Å². The molecule has 3 heteroatoms. The number of carbonyl (C=O) groups is 1. The summed E-state index contributed by atoms with van der Waals surface area (Å²) in [6.45, 7) is 3.83. The van der Waals surface area contributed by atoms with Crippen LogP contribution in [0.25, 0.3) is 10.1 Å². The highest BCUT2D eigenvalue weighted by molar-refractivity contribution is 7.17. The van der Waals surface area contributed by atoms with Gasteiger partial charge in [0.2, 0.25) is 0 Å². The van der Waals surface area contributed by atoms with E-state index in [-0.39, 0.29) is 5.92 Å². The third-order valence-electron chi connectivity index (χ3n) is 2.79. The summed E-state index contributed by atoms with van der Waals surface area (Å²) in [6.07, 6.45) is 0.598. The van der Waals surface area contributed by atoms with Crippen LogP contribution >= 0.6 is 11.3 Å². The monoisotopic (exact) mass is 234 g/mol. The SMILES string of the molecule is Cc1csc2ccc(CC(C)C(=O)O)cc12. The molecule has 1 aromatic heterocycles. The molecule has 0 spiro atoms. The first-order chi connectivity index (χ1) is 7.58. The normalized spacial score (nSPS) is 12.9. The minimum absolute atomic E-state index is 0.323. The zero-order valence-electron chi connectivity index (χ0n) is 9.36. The lowest BCUT2D eigenvalue weighted by Gasteiger charge is -2.06. The van der Waals surface area contributed by atoms with Gasteiger partial charge in [-0.3, -0.25) is 4.79 Å². The molecule has 2 nitrogen and oxygen atoms in total. The van der Waals surface area contributed by atoms with Gasteiger partial charge in [0.15, 0.2) is 0 Å². The third-order valence-corrected chi connectivity index (χ3v) is 3.88. The van der Waals surface area contributed by atoms with Crippen LogP contribution in [0.3, 0.4) is 0 Å². The molecule has 0 aliphatic carbocycles. The first kappa shape index (κ1) is 11.1. The van der Waals surface area contributed by atoms with Crippen LogP contribution < -0.4 is 0 Å². The number of rotatable bonds is 3. The fraction of sp³-hybridized carbons (Fsp3) is 0.308. The number of aryl methyl sites for hydroxylation is 1. The Kier molecular flexibility index (Phi) is 2.97. The summed E-state index contributed by atoms with van der Waals surface area (Å²) >= 11 is 1.73. The number of benzene rings is 1. The Hall–Kier alpha value is -1.35. The minimum Gasteiger partial charge on any atom is -0.481 e. The molecule has 16 heavy (non-hydrogen) atoms. The summed E-state index contributed by atoms with van der Waals surface area (Å²) < 4.78 is 1.27. The zero-order chi connectivity index (χ0) is 11.7. The Labute approximate surface area is 98.5 Å². The molecule has 0 saturated carbocycles. The smallest absolute Gasteiger partial charge is 0.306 e. The van der Waals surface area contributed by atoms with Crippen LogP contribution in [0, 0.1) is 12.8 Å². The van der Waals surface area contributed by atoms with E-state index in [9.17, 15) is 4.79 Å². The van der Waals surface area contributed by atoms with E-state index >= 15 is 0 Å². The largest absolute Gasteiger partial charge is 0.481 e. The quantitative estimate of drug-likeness (QED) is 0.882. The molecule has 2 rings (SSSR count). The predicted octanol–water partition coefficient (Wildman–Crippen LogP) is 3.47. The molecule has 84 valence electrons. The van der Waals surface area contributed by atoms with Gasteiger partial charge in [-0.1, -0.05) is 19.1 Å². The van der Waals surface area contributed by atoms with E-state index in [1.165, 1.54) is 15.6 Å². The number of hydrogen-bond acceptors (Lipinski definition) is 2. The molecule has 1 aromatic carbocycles. The van der Waals surface area contributed by atoms with Crippen molar-refractivity contribution in [3.63, 3.8) is 0 Å². The maximum atomic E-state index is 10.8. The van der Waals surface area contributed by atoms with Gasteiger partial charge in [0, 0.05) is 4.70 Å². The molecule has 0 radical (unpaired) electrons. The number of hydrogen-bond donors (Lipinski definition) is 1. The highest BCUT2D eigenvalue weighted by Crippen LogP contribution is 2.27. The van der Waals surface area contributed by atoms with E-state index in [1.54, 1.807) is 18.3 Å². The van der Waals surface area contributed by atoms with Crippen molar-refractivity contribution in [1.82, 2.24) is 0 Å². The number of fused-ring (bicyclic) bond motifs is 1. The second kappa shape index (κ2) is 4.26. The van der Waals surface area contributed by atoms with E-state index in [0.29, 0.717) is 6.42 Å². The molecule has 0 aliphatic rings.